The quantitative estimate of drug-likeness (QED) is 0.802. The molecule has 0 amide bonds. The molecule has 0 radical (unpaired) electrons. The highest BCUT2D eigenvalue weighted by molar-refractivity contribution is 7.86. The van der Waals surface area contributed by atoms with Gasteiger partial charge in [-0.2, -0.15) is 17.0 Å². The summed E-state index contributed by atoms with van der Waals surface area (Å²) in [5.74, 6) is -0.485. The smallest absolute Gasteiger partial charge is 0.304 e. The van der Waals surface area contributed by atoms with Crippen LogP contribution < -0.4 is 0 Å². The fraction of sp³-hybridized carbons (Fsp3) is 0.923. The van der Waals surface area contributed by atoms with Crippen molar-refractivity contribution >= 4 is 16.2 Å². The Morgan fingerprint density at radius 2 is 1.90 bits per heavy atom. The van der Waals surface area contributed by atoms with E-state index in [1.54, 1.807) is 4.31 Å². The molecule has 6 nitrogen and oxygen atoms in total. The van der Waals surface area contributed by atoms with E-state index in [0.29, 0.717) is 12.5 Å². The van der Waals surface area contributed by atoms with E-state index < -0.39 is 16.2 Å². The third-order valence-corrected chi connectivity index (χ3v) is 6.54. The van der Waals surface area contributed by atoms with E-state index in [9.17, 15) is 13.2 Å². The lowest BCUT2D eigenvalue weighted by Crippen LogP contribution is -2.46. The summed E-state index contributed by atoms with van der Waals surface area (Å²) in [4.78, 5) is 10.6. The number of rotatable bonds is 6. The molecule has 0 aromatic carbocycles. The normalized spacial score (nSPS) is 25.6. The van der Waals surface area contributed by atoms with Crippen LogP contribution in [0.1, 0.15) is 44.9 Å². The summed E-state index contributed by atoms with van der Waals surface area (Å²) in [6.45, 7) is 0.604. The van der Waals surface area contributed by atoms with Gasteiger partial charge in [-0.3, -0.25) is 4.79 Å². The van der Waals surface area contributed by atoms with Crippen LogP contribution in [-0.4, -0.2) is 54.3 Å². The molecule has 2 fully saturated rings. The van der Waals surface area contributed by atoms with Crippen LogP contribution in [0.3, 0.4) is 0 Å². The topological polar surface area (TPSA) is 77.9 Å². The average molecular weight is 304 g/mol. The molecule has 1 aliphatic heterocycles. The lowest BCUT2D eigenvalue weighted by Gasteiger charge is -2.31. The van der Waals surface area contributed by atoms with Gasteiger partial charge in [0.15, 0.2) is 0 Å². The van der Waals surface area contributed by atoms with Crippen molar-refractivity contribution in [1.29, 1.82) is 0 Å². The van der Waals surface area contributed by atoms with Gasteiger partial charge in [0.2, 0.25) is 0 Å². The van der Waals surface area contributed by atoms with Crippen molar-refractivity contribution in [3.63, 3.8) is 0 Å². The van der Waals surface area contributed by atoms with Crippen molar-refractivity contribution in [2.75, 3.05) is 20.1 Å². The predicted molar refractivity (Wildman–Crippen MR) is 75.5 cm³/mol. The third kappa shape index (κ3) is 3.32. The van der Waals surface area contributed by atoms with E-state index >= 15 is 0 Å². The first-order valence-electron chi connectivity index (χ1n) is 7.38. The first-order valence-corrected chi connectivity index (χ1v) is 8.77. The van der Waals surface area contributed by atoms with Crippen molar-refractivity contribution in [2.24, 2.45) is 5.92 Å². The Balaban J connectivity index is 2.04. The lowest BCUT2D eigenvalue weighted by atomic mass is 9.97. The van der Waals surface area contributed by atoms with Crippen LogP contribution in [0, 0.1) is 5.92 Å². The number of hydrogen-bond acceptors (Lipinski definition) is 3. The van der Waals surface area contributed by atoms with Gasteiger partial charge in [0, 0.05) is 26.2 Å². The molecule has 1 aliphatic carbocycles. The molecule has 0 aromatic rings. The monoisotopic (exact) mass is 304 g/mol. The van der Waals surface area contributed by atoms with Crippen molar-refractivity contribution < 1.29 is 18.3 Å². The zero-order valence-corrected chi connectivity index (χ0v) is 12.8. The Morgan fingerprint density at radius 1 is 1.25 bits per heavy atom. The Labute approximate surface area is 120 Å². The van der Waals surface area contributed by atoms with E-state index in [-0.39, 0.29) is 19.0 Å². The highest BCUT2D eigenvalue weighted by Crippen LogP contribution is 2.37. The average Bonchev–Trinajstić information content (AvgIpc) is 3.04. The van der Waals surface area contributed by atoms with E-state index in [0.717, 1.165) is 25.7 Å². The van der Waals surface area contributed by atoms with Crippen LogP contribution in [-0.2, 0) is 15.0 Å². The van der Waals surface area contributed by atoms with Crippen molar-refractivity contribution in [2.45, 2.75) is 51.0 Å². The summed E-state index contributed by atoms with van der Waals surface area (Å²) in [6.07, 6.45) is 6.33. The predicted octanol–water partition coefficient (Wildman–Crippen LogP) is 1.29. The van der Waals surface area contributed by atoms with Gasteiger partial charge in [0.05, 0.1) is 6.42 Å². The fourth-order valence-electron chi connectivity index (χ4n) is 3.41. The second kappa shape index (κ2) is 6.41. The SMILES string of the molecule is CN(CCC(=O)O)S(=O)(=O)N1CCCC1C1CCCC1. The summed E-state index contributed by atoms with van der Waals surface area (Å²) in [5.41, 5.74) is 0. The number of nitrogens with zero attached hydrogens (tertiary/aromatic N) is 2. The highest BCUT2D eigenvalue weighted by Gasteiger charge is 2.41. The molecule has 116 valence electrons. The maximum Gasteiger partial charge on any atom is 0.304 e. The minimum atomic E-state index is -3.52. The molecule has 1 saturated heterocycles. The van der Waals surface area contributed by atoms with Gasteiger partial charge in [0.25, 0.3) is 10.2 Å². The highest BCUT2D eigenvalue weighted by atomic mass is 32.2. The molecule has 0 spiro atoms. The molecule has 2 aliphatic rings. The Kier molecular flexibility index (Phi) is 5.04. The molecule has 0 aromatic heterocycles. The number of hydrogen-bond donors (Lipinski definition) is 1. The zero-order chi connectivity index (χ0) is 14.8. The fourth-order valence-corrected chi connectivity index (χ4v) is 5.07. The molecule has 1 heterocycles. The molecular weight excluding hydrogens is 280 g/mol. The Bertz CT molecular complexity index is 445. The summed E-state index contributed by atoms with van der Waals surface area (Å²) < 4.78 is 27.9. The van der Waals surface area contributed by atoms with E-state index in [2.05, 4.69) is 0 Å². The summed E-state index contributed by atoms with van der Waals surface area (Å²) in [7, 11) is -2.04. The van der Waals surface area contributed by atoms with E-state index in [1.165, 1.54) is 24.2 Å². The second-order valence-electron chi connectivity index (χ2n) is 5.84. The minimum Gasteiger partial charge on any atom is -0.481 e. The molecule has 2 rings (SSSR count). The number of carboxylic acids is 1. The maximum atomic E-state index is 12.6. The van der Waals surface area contributed by atoms with Gasteiger partial charge < -0.3 is 5.11 Å². The van der Waals surface area contributed by atoms with Crippen LogP contribution in [0.4, 0.5) is 0 Å². The molecule has 1 unspecified atom stereocenters. The van der Waals surface area contributed by atoms with E-state index in [1.807, 2.05) is 0 Å². The molecule has 1 N–H and O–H groups in total. The van der Waals surface area contributed by atoms with Gasteiger partial charge in [-0.05, 0) is 31.6 Å². The van der Waals surface area contributed by atoms with Crippen molar-refractivity contribution in [3.8, 4) is 0 Å². The van der Waals surface area contributed by atoms with Gasteiger partial charge in [0.1, 0.15) is 0 Å². The molecule has 20 heavy (non-hydrogen) atoms. The molecule has 7 heteroatoms. The van der Waals surface area contributed by atoms with Crippen LogP contribution >= 0.6 is 0 Å². The lowest BCUT2D eigenvalue weighted by molar-refractivity contribution is -0.137. The van der Waals surface area contributed by atoms with Gasteiger partial charge >= 0.3 is 5.97 Å². The minimum absolute atomic E-state index is 0.0333. The van der Waals surface area contributed by atoms with Crippen molar-refractivity contribution in [3.05, 3.63) is 0 Å². The van der Waals surface area contributed by atoms with Gasteiger partial charge in [-0.15, -0.1) is 0 Å². The molecular formula is C13H24N2O4S. The van der Waals surface area contributed by atoms with Crippen molar-refractivity contribution in [1.82, 2.24) is 8.61 Å². The first-order chi connectivity index (χ1) is 9.43. The standard InChI is InChI=1S/C13H24N2O4S/c1-14(10-8-13(16)17)20(18,19)15-9-4-7-12(15)11-5-2-3-6-11/h11-12H,2-10H2,1H3,(H,16,17). The van der Waals surface area contributed by atoms with Crippen LogP contribution in [0.25, 0.3) is 0 Å². The summed E-state index contributed by atoms with van der Waals surface area (Å²) in [5, 5.41) is 8.68. The summed E-state index contributed by atoms with van der Waals surface area (Å²) >= 11 is 0. The van der Waals surface area contributed by atoms with Crippen LogP contribution in [0.15, 0.2) is 0 Å². The second-order valence-corrected chi connectivity index (χ2v) is 7.83. The number of aliphatic carboxylic acids is 1. The van der Waals surface area contributed by atoms with Gasteiger partial charge in [-0.25, -0.2) is 0 Å². The zero-order valence-electron chi connectivity index (χ0n) is 12.0. The van der Waals surface area contributed by atoms with Crippen LogP contribution in [0.2, 0.25) is 0 Å². The molecule has 1 atom stereocenters. The third-order valence-electron chi connectivity index (χ3n) is 4.52. The van der Waals surface area contributed by atoms with Gasteiger partial charge in [-0.1, -0.05) is 12.8 Å². The Morgan fingerprint density at radius 3 is 2.50 bits per heavy atom. The van der Waals surface area contributed by atoms with Crippen LogP contribution in [0.5, 0.6) is 0 Å². The largest absolute Gasteiger partial charge is 0.481 e. The Hall–Kier alpha value is -0.660. The molecule has 0 bridgehead atoms. The van der Waals surface area contributed by atoms with E-state index in [4.69, 9.17) is 5.11 Å². The maximum absolute atomic E-state index is 12.6. The number of carboxylic acid groups (broad SMARTS) is 1. The number of carbonyl (C=O) groups is 1. The summed E-state index contributed by atoms with van der Waals surface area (Å²) in [6, 6.07) is 0.120. The first kappa shape index (κ1) is 15.7. The molecule has 1 saturated carbocycles.